The van der Waals surface area contributed by atoms with Crippen molar-refractivity contribution >= 4 is 23.4 Å². The summed E-state index contributed by atoms with van der Waals surface area (Å²) < 4.78 is 12.7. The Balaban J connectivity index is 1.53. The number of rotatable bonds is 18. The number of nitrogens with zero attached hydrogens (tertiary/aromatic N) is 3. The second-order valence-corrected chi connectivity index (χ2v) is 13.2. The summed E-state index contributed by atoms with van der Waals surface area (Å²) in [5.41, 5.74) is -0.321. The number of carbonyl (C=O) groups is 3. The highest BCUT2D eigenvalue weighted by Crippen LogP contribution is 2.64. The molecule has 0 saturated carbocycles. The van der Waals surface area contributed by atoms with Gasteiger partial charge in [-0.25, -0.2) is 0 Å². The van der Waals surface area contributed by atoms with Gasteiger partial charge in [0.2, 0.25) is 17.7 Å². The van der Waals surface area contributed by atoms with Crippen LogP contribution >= 0.6 is 0 Å². The number of hydrogen-bond acceptors (Lipinski definition) is 6. The zero-order chi connectivity index (χ0) is 34.3. The topological polar surface area (TPSA) is 99.6 Å². The lowest BCUT2D eigenvalue weighted by Gasteiger charge is -2.37. The molecular weight excluding hydrogens is 606 g/mol. The van der Waals surface area contributed by atoms with Crippen LogP contribution < -0.4 is 9.64 Å². The molecule has 9 nitrogen and oxygen atoms in total. The second-order valence-electron chi connectivity index (χ2n) is 13.2. The van der Waals surface area contributed by atoms with E-state index in [2.05, 4.69) is 13.2 Å². The predicted molar refractivity (Wildman–Crippen MR) is 186 cm³/mol. The van der Waals surface area contributed by atoms with E-state index in [-0.39, 0.29) is 30.9 Å². The van der Waals surface area contributed by atoms with Gasteiger partial charge in [0.1, 0.15) is 17.4 Å². The van der Waals surface area contributed by atoms with Crippen molar-refractivity contribution in [3.8, 4) is 5.75 Å². The minimum atomic E-state index is -1.12. The molecule has 2 aromatic carbocycles. The van der Waals surface area contributed by atoms with Gasteiger partial charge in [0.05, 0.1) is 24.0 Å². The van der Waals surface area contributed by atoms with Crippen LogP contribution in [0.5, 0.6) is 5.75 Å². The normalized spacial score (nSPS) is 25.5. The molecule has 3 fully saturated rings. The molecule has 0 aromatic heterocycles. The van der Waals surface area contributed by atoms with Gasteiger partial charge >= 0.3 is 0 Å². The van der Waals surface area contributed by atoms with Crippen LogP contribution in [-0.4, -0.2) is 82.7 Å². The van der Waals surface area contributed by atoms with Crippen LogP contribution in [0, 0.1) is 11.8 Å². The first-order valence-corrected chi connectivity index (χ1v) is 17.5. The monoisotopic (exact) mass is 657 g/mol. The number of carbonyl (C=O) groups excluding carboxylic acids is 3. The summed E-state index contributed by atoms with van der Waals surface area (Å²) in [5, 5.41) is 9.29. The second kappa shape index (κ2) is 15.5. The van der Waals surface area contributed by atoms with E-state index in [0.717, 1.165) is 18.4 Å². The maximum absolute atomic E-state index is 14.8. The fraction of sp³-hybridized carbons (Fsp3) is 0.513. The Labute approximate surface area is 285 Å². The summed E-state index contributed by atoms with van der Waals surface area (Å²) in [7, 11) is 0. The summed E-state index contributed by atoms with van der Waals surface area (Å²) >= 11 is 0. The van der Waals surface area contributed by atoms with Gasteiger partial charge in [0.15, 0.2) is 0 Å². The average Bonchev–Trinajstić information content (AvgIpc) is 3.71. The minimum Gasteiger partial charge on any atom is -0.494 e. The SMILES string of the molecule is C=CCN(Cc1ccccc1)C(=O)C1N(CCCCCCO)C(=O)[C@@H]2[C@@H](C(=O)N(CC=C)c3ccc(OCC)cc3)[C@@]3(CC)CCC12O3. The first-order chi connectivity index (χ1) is 23.3. The van der Waals surface area contributed by atoms with Crippen molar-refractivity contribution in [2.45, 2.75) is 82.6 Å². The number of amides is 3. The molecule has 48 heavy (non-hydrogen) atoms. The third-order valence-corrected chi connectivity index (χ3v) is 10.4. The number of aliphatic hydroxyl groups is 1. The maximum atomic E-state index is 14.8. The minimum absolute atomic E-state index is 0.122. The first-order valence-electron chi connectivity index (χ1n) is 17.5. The molecule has 3 saturated heterocycles. The van der Waals surface area contributed by atoms with Gasteiger partial charge in [-0.3, -0.25) is 14.4 Å². The van der Waals surface area contributed by atoms with Crippen LogP contribution in [-0.2, 0) is 25.7 Å². The van der Waals surface area contributed by atoms with Gasteiger partial charge in [-0.1, -0.05) is 62.2 Å². The Kier molecular flexibility index (Phi) is 11.4. The molecule has 5 atom stereocenters. The predicted octanol–water partition coefficient (Wildman–Crippen LogP) is 5.53. The Morgan fingerprint density at radius 2 is 1.69 bits per heavy atom. The van der Waals surface area contributed by atoms with Crippen LogP contribution in [0.3, 0.4) is 0 Å². The molecule has 2 aromatic rings. The maximum Gasteiger partial charge on any atom is 0.248 e. The lowest BCUT2D eigenvalue weighted by molar-refractivity contribution is -0.153. The number of unbranched alkanes of at least 4 members (excludes halogenated alkanes) is 3. The molecule has 1 spiro atoms. The first kappa shape index (κ1) is 35.4. The molecule has 3 amide bonds. The lowest BCUT2D eigenvalue weighted by Crippen LogP contribution is -2.56. The Hall–Kier alpha value is -3.95. The third kappa shape index (κ3) is 6.54. The molecule has 0 radical (unpaired) electrons. The van der Waals surface area contributed by atoms with Crippen LogP contribution in [0.25, 0.3) is 0 Å². The van der Waals surface area contributed by atoms with E-state index in [4.69, 9.17) is 9.47 Å². The van der Waals surface area contributed by atoms with Gasteiger partial charge in [0, 0.05) is 38.5 Å². The van der Waals surface area contributed by atoms with E-state index in [0.29, 0.717) is 69.8 Å². The number of anilines is 1. The molecule has 1 N–H and O–H groups in total. The van der Waals surface area contributed by atoms with Crippen molar-refractivity contribution in [1.82, 2.24) is 9.80 Å². The Morgan fingerprint density at radius 1 is 0.979 bits per heavy atom. The van der Waals surface area contributed by atoms with E-state index < -0.39 is 29.1 Å². The number of benzene rings is 2. The quantitative estimate of drug-likeness (QED) is 0.167. The third-order valence-electron chi connectivity index (χ3n) is 10.4. The van der Waals surface area contributed by atoms with E-state index >= 15 is 0 Å². The molecule has 3 aliphatic heterocycles. The van der Waals surface area contributed by atoms with E-state index in [1.165, 1.54) is 0 Å². The van der Waals surface area contributed by atoms with Crippen molar-refractivity contribution in [2.24, 2.45) is 11.8 Å². The van der Waals surface area contributed by atoms with Crippen molar-refractivity contribution in [3.05, 3.63) is 85.5 Å². The highest BCUT2D eigenvalue weighted by molar-refractivity contribution is 6.03. The summed E-state index contributed by atoms with van der Waals surface area (Å²) in [6.45, 7) is 13.8. The lowest BCUT2D eigenvalue weighted by atomic mass is 9.64. The van der Waals surface area contributed by atoms with Crippen molar-refractivity contribution in [2.75, 3.05) is 37.7 Å². The molecule has 9 heteroatoms. The summed E-state index contributed by atoms with van der Waals surface area (Å²) in [6.07, 6.45) is 8.08. The Morgan fingerprint density at radius 3 is 2.33 bits per heavy atom. The fourth-order valence-electron chi connectivity index (χ4n) is 8.23. The molecule has 258 valence electrons. The number of ether oxygens (including phenoxy) is 2. The molecule has 3 heterocycles. The summed E-state index contributed by atoms with van der Waals surface area (Å²) in [6, 6.07) is 16.3. The van der Waals surface area contributed by atoms with E-state index in [1.807, 2.05) is 68.4 Å². The van der Waals surface area contributed by atoms with Gasteiger partial charge in [-0.15, -0.1) is 13.2 Å². The molecule has 5 rings (SSSR count). The summed E-state index contributed by atoms with van der Waals surface area (Å²) in [4.78, 5) is 49.6. The van der Waals surface area contributed by atoms with Crippen LogP contribution in [0.1, 0.15) is 64.4 Å². The van der Waals surface area contributed by atoms with Crippen molar-refractivity contribution < 1.29 is 29.0 Å². The summed E-state index contributed by atoms with van der Waals surface area (Å²) in [5.74, 6) is -1.40. The van der Waals surface area contributed by atoms with Gasteiger partial charge < -0.3 is 29.3 Å². The van der Waals surface area contributed by atoms with Gasteiger partial charge in [0.25, 0.3) is 0 Å². The number of hydrogen-bond donors (Lipinski definition) is 1. The average molecular weight is 658 g/mol. The molecule has 2 bridgehead atoms. The van der Waals surface area contributed by atoms with Gasteiger partial charge in [-0.05, 0) is 68.9 Å². The highest BCUT2D eigenvalue weighted by atomic mass is 16.5. The zero-order valence-electron chi connectivity index (χ0n) is 28.5. The fourth-order valence-corrected chi connectivity index (χ4v) is 8.23. The Bertz CT molecular complexity index is 1450. The van der Waals surface area contributed by atoms with Crippen molar-refractivity contribution in [1.29, 1.82) is 0 Å². The van der Waals surface area contributed by atoms with E-state index in [9.17, 15) is 19.5 Å². The van der Waals surface area contributed by atoms with Crippen LogP contribution in [0.15, 0.2) is 79.9 Å². The zero-order valence-corrected chi connectivity index (χ0v) is 28.5. The number of fused-ring (bicyclic) bond motifs is 1. The molecular formula is C39H51N3O6. The van der Waals surface area contributed by atoms with Crippen LogP contribution in [0.4, 0.5) is 5.69 Å². The standard InChI is InChI=1S/C39H51N3O6/c1-5-24-40(28-29-16-12-11-13-17-29)37(46)34-39-23-22-38(7-3,48-39)32(33(39)36(45)42(34)26-14-9-10-15-27-43)35(44)41(25-6-2)30-18-20-31(21-19-30)47-8-4/h5-6,11-13,16-21,32-34,43H,1-2,7-10,14-15,22-28H2,3-4H3/t32-,33-,34?,38+,39?/m0/s1. The molecule has 0 aliphatic carbocycles. The number of likely N-dealkylation sites (tertiary alicyclic amines) is 1. The van der Waals surface area contributed by atoms with Crippen molar-refractivity contribution in [3.63, 3.8) is 0 Å². The van der Waals surface area contributed by atoms with Gasteiger partial charge in [-0.2, -0.15) is 0 Å². The van der Waals surface area contributed by atoms with Crippen LogP contribution in [0.2, 0.25) is 0 Å². The molecule has 2 unspecified atom stereocenters. The number of aliphatic hydroxyl groups excluding tert-OH is 1. The highest BCUT2D eigenvalue weighted by Gasteiger charge is 2.79. The van der Waals surface area contributed by atoms with E-state index in [1.54, 1.807) is 26.9 Å². The molecule has 3 aliphatic rings. The smallest absolute Gasteiger partial charge is 0.248 e. The largest absolute Gasteiger partial charge is 0.494 e.